The average Bonchev–Trinajstić information content (AvgIpc) is 2.81. The van der Waals surface area contributed by atoms with E-state index in [2.05, 4.69) is 45.9 Å². The van der Waals surface area contributed by atoms with Crippen LogP contribution in [0.1, 0.15) is 88.5 Å². The van der Waals surface area contributed by atoms with Gasteiger partial charge in [0.2, 0.25) is 5.91 Å². The Labute approximate surface area is 219 Å². The van der Waals surface area contributed by atoms with Crippen LogP contribution in [0.25, 0.3) is 0 Å². The van der Waals surface area contributed by atoms with Crippen molar-refractivity contribution in [2.75, 3.05) is 0 Å². The number of amides is 1. The Morgan fingerprint density at radius 1 is 1.08 bits per heavy atom. The van der Waals surface area contributed by atoms with Crippen LogP contribution in [0.4, 0.5) is 0 Å². The van der Waals surface area contributed by atoms with E-state index in [4.69, 9.17) is 21.7 Å². The molecule has 0 radical (unpaired) electrons. The largest absolute Gasteiger partial charge is 0.504 e. The number of phenolic OH excluding ortho intramolecular Hbond substituents is 2. The first-order chi connectivity index (χ1) is 17.1. The van der Waals surface area contributed by atoms with Crippen LogP contribution in [0, 0.1) is 11.3 Å². The van der Waals surface area contributed by atoms with Crippen molar-refractivity contribution in [3.05, 3.63) is 58.7 Å². The van der Waals surface area contributed by atoms with E-state index in [0.29, 0.717) is 17.4 Å². The van der Waals surface area contributed by atoms with E-state index in [1.165, 1.54) is 48.2 Å². The summed E-state index contributed by atoms with van der Waals surface area (Å²) in [7, 11) is 0. The molecule has 0 aromatic heterocycles. The van der Waals surface area contributed by atoms with E-state index in [1.807, 2.05) is 0 Å². The predicted molar refractivity (Wildman–Crippen MR) is 145 cm³/mol. The first-order valence-corrected chi connectivity index (χ1v) is 13.1. The van der Waals surface area contributed by atoms with Gasteiger partial charge in [0.15, 0.2) is 11.5 Å². The van der Waals surface area contributed by atoms with Crippen molar-refractivity contribution >= 4 is 11.9 Å². The van der Waals surface area contributed by atoms with Gasteiger partial charge in [-0.15, -0.1) is 0 Å². The summed E-state index contributed by atoms with van der Waals surface area (Å²) < 4.78 is 0. The molecule has 0 aliphatic heterocycles. The summed E-state index contributed by atoms with van der Waals surface area (Å²) in [5, 5.41) is 27.0. The van der Waals surface area contributed by atoms with Gasteiger partial charge in [0, 0.05) is 11.8 Å². The third-order valence-electron chi connectivity index (χ3n) is 8.71. The zero-order chi connectivity index (χ0) is 27.8. The van der Waals surface area contributed by atoms with E-state index in [9.17, 15) is 14.7 Å². The summed E-state index contributed by atoms with van der Waals surface area (Å²) in [6.45, 7) is 10.4. The van der Waals surface area contributed by atoms with Gasteiger partial charge in [-0.1, -0.05) is 58.4 Å². The fraction of sp³-hybridized carbons (Fsp3) is 0.533. The van der Waals surface area contributed by atoms with E-state index in [0.717, 1.165) is 25.7 Å². The van der Waals surface area contributed by atoms with Crippen molar-refractivity contribution in [2.24, 2.45) is 22.8 Å². The first kappa shape index (κ1) is 28.5. The summed E-state index contributed by atoms with van der Waals surface area (Å²) in [5.74, 6) is -0.802. The molecule has 4 unspecified atom stereocenters. The fourth-order valence-corrected chi connectivity index (χ4v) is 6.34. The number of rotatable bonds is 5. The first-order valence-electron chi connectivity index (χ1n) is 13.1. The highest BCUT2D eigenvalue weighted by Gasteiger charge is 2.54. The molecule has 1 amide bonds. The molecule has 202 valence electrons. The number of carboxylic acids is 1. The molecule has 2 aromatic carbocycles. The number of hydrogen-bond acceptors (Lipinski definition) is 5. The molecule has 2 aromatic rings. The molecule has 4 atom stereocenters. The average molecular weight is 511 g/mol. The molecule has 1 fully saturated rings. The van der Waals surface area contributed by atoms with Gasteiger partial charge >= 0.3 is 5.97 Å². The molecule has 2 aliphatic rings. The second-order valence-electron chi connectivity index (χ2n) is 11.9. The normalized spacial score (nSPS) is 26.2. The van der Waals surface area contributed by atoms with E-state index < -0.39 is 11.5 Å². The van der Waals surface area contributed by atoms with Crippen molar-refractivity contribution in [3.63, 3.8) is 0 Å². The van der Waals surface area contributed by atoms with Gasteiger partial charge in [-0.05, 0) is 84.2 Å². The molecule has 0 heterocycles. The molecule has 7 heteroatoms. The van der Waals surface area contributed by atoms with Crippen LogP contribution in [-0.2, 0) is 27.8 Å². The van der Waals surface area contributed by atoms with E-state index in [1.54, 1.807) is 0 Å². The highest BCUT2D eigenvalue weighted by atomic mass is 16.4. The standard InChI is InChI=1S/C20H29NO.C10H13NO4/c1-13(2)14-6-8-16-15(12-14)7-9-17-19(16,3)10-5-11-20(17,4)18(21)22;1-10(11,9(14)15)5-6-2-3-7(12)8(13)4-6/h6,8,12-13,17H,5,7,9-11H2,1-4H3,(H2,21,22);2-4,12-13H,5,11H2,1H3,(H,14,15). The van der Waals surface area contributed by atoms with Gasteiger partial charge < -0.3 is 26.8 Å². The third kappa shape index (κ3) is 5.61. The minimum Gasteiger partial charge on any atom is -0.504 e. The number of aromatic hydroxyl groups is 2. The van der Waals surface area contributed by atoms with Crippen LogP contribution >= 0.6 is 0 Å². The molecule has 2 aliphatic carbocycles. The lowest BCUT2D eigenvalue weighted by Gasteiger charge is -2.54. The number of aryl methyl sites for hydroxylation is 1. The minimum absolute atomic E-state index is 0.0795. The van der Waals surface area contributed by atoms with Crippen LogP contribution < -0.4 is 11.5 Å². The van der Waals surface area contributed by atoms with Gasteiger partial charge in [0.25, 0.3) is 0 Å². The fourth-order valence-electron chi connectivity index (χ4n) is 6.34. The molecule has 0 spiro atoms. The summed E-state index contributed by atoms with van der Waals surface area (Å²) in [6, 6.07) is 11.1. The number of carbonyl (C=O) groups excluding carboxylic acids is 1. The highest BCUT2D eigenvalue weighted by molar-refractivity contribution is 5.81. The van der Waals surface area contributed by atoms with Crippen LogP contribution in [-0.4, -0.2) is 32.7 Å². The van der Waals surface area contributed by atoms with Crippen molar-refractivity contribution in [1.29, 1.82) is 0 Å². The quantitative estimate of drug-likeness (QED) is 0.367. The molecule has 37 heavy (non-hydrogen) atoms. The molecule has 7 nitrogen and oxygen atoms in total. The summed E-state index contributed by atoms with van der Waals surface area (Å²) in [6.07, 6.45) is 5.47. The van der Waals surface area contributed by atoms with Crippen LogP contribution in [0.3, 0.4) is 0 Å². The zero-order valence-corrected chi connectivity index (χ0v) is 22.7. The molecular weight excluding hydrogens is 468 g/mol. The number of benzene rings is 2. The van der Waals surface area contributed by atoms with Gasteiger partial charge in [-0.2, -0.15) is 0 Å². The number of carbonyl (C=O) groups is 2. The minimum atomic E-state index is -1.39. The Kier molecular flexibility index (Phi) is 7.99. The van der Waals surface area contributed by atoms with E-state index >= 15 is 0 Å². The zero-order valence-electron chi connectivity index (χ0n) is 22.7. The Hall–Kier alpha value is -3.06. The maximum Gasteiger partial charge on any atom is 0.323 e. The number of carboxylic acid groups (broad SMARTS) is 1. The monoisotopic (exact) mass is 510 g/mol. The smallest absolute Gasteiger partial charge is 0.323 e. The third-order valence-corrected chi connectivity index (χ3v) is 8.71. The van der Waals surface area contributed by atoms with Gasteiger partial charge in [0.05, 0.1) is 0 Å². The van der Waals surface area contributed by atoms with Crippen LogP contribution in [0.15, 0.2) is 36.4 Å². The van der Waals surface area contributed by atoms with Gasteiger partial charge in [0.1, 0.15) is 5.54 Å². The Balaban J connectivity index is 0.000000222. The van der Waals surface area contributed by atoms with E-state index in [-0.39, 0.29) is 34.7 Å². The van der Waals surface area contributed by atoms with Gasteiger partial charge in [-0.3, -0.25) is 9.59 Å². The van der Waals surface area contributed by atoms with Crippen molar-refractivity contribution in [2.45, 2.75) is 90.0 Å². The van der Waals surface area contributed by atoms with Gasteiger partial charge in [-0.25, -0.2) is 0 Å². The molecule has 7 N–H and O–H groups in total. The topological polar surface area (TPSA) is 147 Å². The summed E-state index contributed by atoms with van der Waals surface area (Å²) in [4.78, 5) is 22.9. The second kappa shape index (κ2) is 10.4. The number of phenols is 2. The maximum atomic E-state index is 12.2. The Bertz CT molecular complexity index is 1170. The SMILES string of the molecule is CC(C)c1ccc2c(c1)CCC1C(C)(C(N)=O)CCCC21C.CC(N)(Cc1ccc(O)c(O)c1)C(=O)O. The number of fused-ring (bicyclic) bond motifs is 3. The number of hydrogen-bond donors (Lipinski definition) is 5. The second-order valence-corrected chi connectivity index (χ2v) is 11.9. The van der Waals surface area contributed by atoms with Crippen LogP contribution in [0.5, 0.6) is 11.5 Å². The lowest BCUT2D eigenvalue weighted by Crippen LogP contribution is -2.54. The summed E-state index contributed by atoms with van der Waals surface area (Å²) >= 11 is 0. The number of aliphatic carboxylic acids is 1. The maximum absolute atomic E-state index is 12.2. The lowest BCUT2D eigenvalue weighted by molar-refractivity contribution is -0.142. The molecule has 0 saturated heterocycles. The predicted octanol–water partition coefficient (Wildman–Crippen LogP) is 4.75. The van der Waals surface area contributed by atoms with Crippen molar-refractivity contribution in [3.8, 4) is 11.5 Å². The molecule has 4 rings (SSSR count). The van der Waals surface area contributed by atoms with Crippen molar-refractivity contribution in [1.82, 2.24) is 0 Å². The highest BCUT2D eigenvalue weighted by Crippen LogP contribution is 2.57. The van der Waals surface area contributed by atoms with Crippen LogP contribution in [0.2, 0.25) is 0 Å². The number of primary amides is 1. The molecular formula is C30H42N2O5. The lowest BCUT2D eigenvalue weighted by atomic mass is 9.49. The summed E-state index contributed by atoms with van der Waals surface area (Å²) in [5.41, 5.74) is 14.7. The number of nitrogens with two attached hydrogens (primary N) is 2. The molecule has 0 bridgehead atoms. The Morgan fingerprint density at radius 2 is 1.76 bits per heavy atom. The molecule has 1 saturated carbocycles. The van der Waals surface area contributed by atoms with Crippen molar-refractivity contribution < 1.29 is 24.9 Å². The Morgan fingerprint density at radius 3 is 2.32 bits per heavy atom.